The third kappa shape index (κ3) is 3.29. The first-order valence-electron chi connectivity index (χ1n) is 5.65. The minimum absolute atomic E-state index is 0.136. The van der Waals surface area contributed by atoms with E-state index in [1.54, 1.807) is 18.2 Å². The van der Waals surface area contributed by atoms with Gasteiger partial charge in [0.05, 0.1) is 0 Å². The molecule has 100 valence electrons. The van der Waals surface area contributed by atoms with Crippen molar-refractivity contribution >= 4 is 17.6 Å². The molecular formula is C12H15FN6. The van der Waals surface area contributed by atoms with Crippen LogP contribution in [-0.4, -0.2) is 17.0 Å². The van der Waals surface area contributed by atoms with E-state index in [9.17, 15) is 4.39 Å². The summed E-state index contributed by atoms with van der Waals surface area (Å²) in [6, 6.07) is 7.96. The van der Waals surface area contributed by atoms with Gasteiger partial charge in [-0.05, 0) is 17.7 Å². The van der Waals surface area contributed by atoms with Gasteiger partial charge in [0.15, 0.2) is 0 Å². The van der Waals surface area contributed by atoms with E-state index >= 15 is 0 Å². The Balaban J connectivity index is 2.17. The standard InChI is InChI=1S/C12H15FN6/c1-19(7-8-2-4-9(13)5-3-8)11-6-10(18-15)16-12(14)17-11/h2-6H,7,15H2,1H3,(H3,14,16,17,18). The molecule has 0 radical (unpaired) electrons. The topological polar surface area (TPSA) is 93.1 Å². The average Bonchev–Trinajstić information content (AvgIpc) is 2.40. The van der Waals surface area contributed by atoms with Crippen LogP contribution in [0, 0.1) is 5.82 Å². The van der Waals surface area contributed by atoms with Crippen LogP contribution in [0.5, 0.6) is 0 Å². The van der Waals surface area contributed by atoms with Crippen molar-refractivity contribution in [2.24, 2.45) is 5.84 Å². The lowest BCUT2D eigenvalue weighted by Gasteiger charge is -2.19. The van der Waals surface area contributed by atoms with Gasteiger partial charge in [0.1, 0.15) is 17.5 Å². The van der Waals surface area contributed by atoms with Crippen molar-refractivity contribution in [2.45, 2.75) is 6.54 Å². The molecule has 0 aliphatic heterocycles. The second kappa shape index (κ2) is 5.49. The number of halogens is 1. The van der Waals surface area contributed by atoms with Crippen LogP contribution < -0.4 is 21.9 Å². The highest BCUT2D eigenvalue weighted by Crippen LogP contribution is 2.17. The molecule has 7 heteroatoms. The molecule has 0 amide bonds. The number of rotatable bonds is 4. The van der Waals surface area contributed by atoms with Crippen LogP contribution in [0.25, 0.3) is 0 Å². The van der Waals surface area contributed by atoms with E-state index in [0.717, 1.165) is 5.56 Å². The predicted molar refractivity (Wildman–Crippen MR) is 72.8 cm³/mol. The van der Waals surface area contributed by atoms with E-state index in [1.807, 2.05) is 11.9 Å². The van der Waals surface area contributed by atoms with Gasteiger partial charge < -0.3 is 16.1 Å². The summed E-state index contributed by atoms with van der Waals surface area (Å²) in [5.74, 6) is 6.25. The van der Waals surface area contributed by atoms with Gasteiger partial charge >= 0.3 is 0 Å². The van der Waals surface area contributed by atoms with Gasteiger partial charge in [-0.1, -0.05) is 12.1 Å². The van der Waals surface area contributed by atoms with Crippen molar-refractivity contribution < 1.29 is 4.39 Å². The zero-order chi connectivity index (χ0) is 13.8. The van der Waals surface area contributed by atoms with Crippen LogP contribution in [0.15, 0.2) is 30.3 Å². The number of nitrogens with two attached hydrogens (primary N) is 2. The summed E-state index contributed by atoms with van der Waals surface area (Å²) in [5.41, 5.74) is 8.98. The van der Waals surface area contributed by atoms with E-state index in [0.29, 0.717) is 18.2 Å². The number of hydrogen-bond donors (Lipinski definition) is 3. The summed E-state index contributed by atoms with van der Waals surface area (Å²) < 4.78 is 12.8. The lowest BCUT2D eigenvalue weighted by atomic mass is 10.2. The van der Waals surface area contributed by atoms with Gasteiger partial charge in [0, 0.05) is 19.7 Å². The van der Waals surface area contributed by atoms with E-state index in [4.69, 9.17) is 11.6 Å². The smallest absolute Gasteiger partial charge is 0.223 e. The monoisotopic (exact) mass is 262 g/mol. The molecular weight excluding hydrogens is 247 g/mol. The summed E-state index contributed by atoms with van der Waals surface area (Å²) in [6.07, 6.45) is 0. The fourth-order valence-corrected chi connectivity index (χ4v) is 1.67. The van der Waals surface area contributed by atoms with Gasteiger partial charge in [0.2, 0.25) is 5.95 Å². The first-order valence-corrected chi connectivity index (χ1v) is 5.65. The number of aromatic nitrogens is 2. The molecule has 1 heterocycles. The van der Waals surface area contributed by atoms with Crippen LogP contribution in [0.4, 0.5) is 22.0 Å². The number of benzene rings is 1. The quantitative estimate of drug-likeness (QED) is 0.565. The largest absolute Gasteiger partial charge is 0.368 e. The van der Waals surface area contributed by atoms with Crippen molar-refractivity contribution in [3.63, 3.8) is 0 Å². The zero-order valence-corrected chi connectivity index (χ0v) is 10.5. The number of hydrogen-bond acceptors (Lipinski definition) is 6. The Hall–Kier alpha value is -2.41. The zero-order valence-electron chi connectivity index (χ0n) is 10.5. The molecule has 2 rings (SSSR count). The molecule has 0 fully saturated rings. The molecule has 1 aromatic carbocycles. The van der Waals surface area contributed by atoms with Crippen molar-refractivity contribution in [3.05, 3.63) is 41.7 Å². The minimum atomic E-state index is -0.257. The van der Waals surface area contributed by atoms with Gasteiger partial charge in [-0.15, -0.1) is 0 Å². The number of hydrazine groups is 1. The van der Waals surface area contributed by atoms with E-state index in [2.05, 4.69) is 15.4 Å². The summed E-state index contributed by atoms with van der Waals surface area (Å²) in [7, 11) is 1.85. The van der Waals surface area contributed by atoms with Crippen LogP contribution in [-0.2, 0) is 6.54 Å². The molecule has 1 aromatic heterocycles. The second-order valence-electron chi connectivity index (χ2n) is 4.10. The Labute approximate surface area is 110 Å². The number of nitrogens with zero attached hydrogens (tertiary/aromatic N) is 3. The molecule has 5 N–H and O–H groups in total. The number of nitrogens with one attached hydrogen (secondary N) is 1. The van der Waals surface area contributed by atoms with Crippen LogP contribution in [0.1, 0.15) is 5.56 Å². The highest BCUT2D eigenvalue weighted by atomic mass is 19.1. The third-order valence-electron chi connectivity index (χ3n) is 2.60. The normalized spacial score (nSPS) is 10.3. The van der Waals surface area contributed by atoms with Gasteiger partial charge in [-0.2, -0.15) is 9.97 Å². The molecule has 0 aliphatic rings. The Bertz CT molecular complexity index is 557. The Morgan fingerprint density at radius 2 is 1.95 bits per heavy atom. The third-order valence-corrected chi connectivity index (χ3v) is 2.60. The van der Waals surface area contributed by atoms with E-state index in [-0.39, 0.29) is 11.8 Å². The highest BCUT2D eigenvalue weighted by Gasteiger charge is 2.07. The lowest BCUT2D eigenvalue weighted by molar-refractivity contribution is 0.627. The maximum Gasteiger partial charge on any atom is 0.223 e. The Morgan fingerprint density at radius 1 is 1.26 bits per heavy atom. The number of anilines is 3. The Morgan fingerprint density at radius 3 is 2.58 bits per heavy atom. The molecule has 0 saturated heterocycles. The van der Waals surface area contributed by atoms with Crippen molar-refractivity contribution in [1.82, 2.24) is 9.97 Å². The molecule has 0 atom stereocenters. The molecule has 6 nitrogen and oxygen atoms in total. The van der Waals surface area contributed by atoms with Crippen LogP contribution in [0.3, 0.4) is 0 Å². The van der Waals surface area contributed by atoms with Crippen LogP contribution in [0.2, 0.25) is 0 Å². The molecule has 0 bridgehead atoms. The lowest BCUT2D eigenvalue weighted by Crippen LogP contribution is -2.19. The van der Waals surface area contributed by atoms with E-state index < -0.39 is 0 Å². The SMILES string of the molecule is CN(Cc1ccc(F)cc1)c1cc(NN)nc(N)n1. The molecule has 0 aliphatic carbocycles. The summed E-state index contributed by atoms with van der Waals surface area (Å²) >= 11 is 0. The highest BCUT2D eigenvalue weighted by molar-refractivity contribution is 5.51. The fourth-order valence-electron chi connectivity index (χ4n) is 1.67. The van der Waals surface area contributed by atoms with E-state index in [1.165, 1.54) is 12.1 Å². The first-order chi connectivity index (χ1) is 9.08. The Kier molecular flexibility index (Phi) is 3.76. The average molecular weight is 262 g/mol. The summed E-state index contributed by atoms with van der Waals surface area (Å²) in [6.45, 7) is 0.570. The van der Waals surface area contributed by atoms with Crippen molar-refractivity contribution in [2.75, 3.05) is 23.1 Å². The molecule has 0 saturated carbocycles. The molecule has 0 spiro atoms. The molecule has 19 heavy (non-hydrogen) atoms. The van der Waals surface area contributed by atoms with Crippen molar-refractivity contribution in [1.29, 1.82) is 0 Å². The fraction of sp³-hybridized carbons (Fsp3) is 0.167. The maximum absolute atomic E-state index is 12.8. The van der Waals surface area contributed by atoms with Crippen LogP contribution >= 0.6 is 0 Å². The summed E-state index contributed by atoms with van der Waals surface area (Å²) in [4.78, 5) is 9.89. The maximum atomic E-state index is 12.8. The van der Waals surface area contributed by atoms with Crippen molar-refractivity contribution in [3.8, 4) is 0 Å². The number of nitrogen functional groups attached to an aromatic ring is 2. The summed E-state index contributed by atoms with van der Waals surface area (Å²) in [5, 5.41) is 0. The van der Waals surface area contributed by atoms with Gasteiger partial charge in [-0.25, -0.2) is 10.2 Å². The predicted octanol–water partition coefficient (Wildman–Crippen LogP) is 1.12. The van der Waals surface area contributed by atoms with Gasteiger partial charge in [-0.3, -0.25) is 0 Å². The first kappa shape index (κ1) is 13.0. The molecule has 0 unspecified atom stereocenters. The minimum Gasteiger partial charge on any atom is -0.368 e. The van der Waals surface area contributed by atoms with Gasteiger partial charge in [0.25, 0.3) is 0 Å². The molecule has 2 aromatic rings. The second-order valence-corrected chi connectivity index (χ2v) is 4.10.